The number of carbonyl (C=O) groups is 3. The van der Waals surface area contributed by atoms with Crippen LogP contribution in [0.1, 0.15) is 47.1 Å². The van der Waals surface area contributed by atoms with Crippen molar-refractivity contribution in [2.24, 2.45) is 5.10 Å². The molecule has 8 heteroatoms. The molecule has 8 nitrogen and oxygen atoms in total. The summed E-state index contributed by atoms with van der Waals surface area (Å²) in [7, 11) is 0. The number of esters is 1. The van der Waals surface area contributed by atoms with Gasteiger partial charge in [0.1, 0.15) is 5.75 Å². The summed E-state index contributed by atoms with van der Waals surface area (Å²) in [6, 6.07) is 25.4. The Labute approximate surface area is 219 Å². The highest BCUT2D eigenvalue weighted by Crippen LogP contribution is 2.37. The second-order valence-corrected chi connectivity index (χ2v) is 8.94. The van der Waals surface area contributed by atoms with Gasteiger partial charge in [0.15, 0.2) is 0 Å². The van der Waals surface area contributed by atoms with Gasteiger partial charge in [0.25, 0.3) is 5.91 Å². The quantitative estimate of drug-likeness (QED) is 0.282. The Bertz CT molecular complexity index is 1610. The first-order valence-corrected chi connectivity index (χ1v) is 12.0. The Morgan fingerprint density at radius 2 is 1.71 bits per heavy atom. The van der Waals surface area contributed by atoms with E-state index in [-0.39, 0.29) is 23.5 Å². The standard InChI is InChI=1S/C30H25N3O5/c1-18-8-6-10-22(16-18)28(36)31-24-12-7-11-23(17-24)30-33(19(2)34)32-29(38-30)27-25-13-5-4-9-21(25)14-15-26(27)37-20(3)35/h4-17,30H,1-3H3,(H,31,36)/t30-/m1/s1. The highest BCUT2D eigenvalue weighted by atomic mass is 16.5. The summed E-state index contributed by atoms with van der Waals surface area (Å²) in [5, 5.41) is 10.3. The Hall–Kier alpha value is -4.98. The van der Waals surface area contributed by atoms with E-state index in [2.05, 4.69) is 10.4 Å². The van der Waals surface area contributed by atoms with Crippen molar-refractivity contribution in [2.75, 3.05) is 5.32 Å². The molecule has 4 aromatic rings. The predicted octanol–water partition coefficient (Wildman–Crippen LogP) is 5.56. The molecule has 0 radical (unpaired) electrons. The van der Waals surface area contributed by atoms with Crippen LogP contribution in [-0.2, 0) is 14.3 Å². The van der Waals surface area contributed by atoms with Crippen LogP contribution in [0.15, 0.2) is 90.0 Å². The third kappa shape index (κ3) is 4.97. The normalized spacial score (nSPS) is 14.6. The van der Waals surface area contributed by atoms with E-state index in [9.17, 15) is 14.4 Å². The molecule has 4 aromatic carbocycles. The van der Waals surface area contributed by atoms with Gasteiger partial charge in [-0.25, -0.2) is 0 Å². The lowest BCUT2D eigenvalue weighted by Gasteiger charge is -2.20. The van der Waals surface area contributed by atoms with Crippen LogP contribution in [0.2, 0.25) is 0 Å². The highest BCUT2D eigenvalue weighted by Gasteiger charge is 2.35. The van der Waals surface area contributed by atoms with Crippen molar-refractivity contribution >= 4 is 40.1 Å². The molecular formula is C30H25N3O5. The molecule has 38 heavy (non-hydrogen) atoms. The highest BCUT2D eigenvalue weighted by molar-refractivity contribution is 6.10. The first-order valence-electron chi connectivity index (χ1n) is 12.0. The molecule has 2 amide bonds. The van der Waals surface area contributed by atoms with Crippen LogP contribution < -0.4 is 10.1 Å². The molecule has 0 spiro atoms. The molecule has 1 N–H and O–H groups in total. The second-order valence-electron chi connectivity index (χ2n) is 8.94. The number of hydrazone groups is 1. The van der Waals surface area contributed by atoms with E-state index < -0.39 is 12.2 Å². The number of aryl methyl sites for hydroxylation is 1. The smallest absolute Gasteiger partial charge is 0.308 e. The number of anilines is 1. The molecular weight excluding hydrogens is 482 g/mol. The van der Waals surface area contributed by atoms with Crippen molar-refractivity contribution in [3.63, 3.8) is 0 Å². The third-order valence-electron chi connectivity index (χ3n) is 6.03. The van der Waals surface area contributed by atoms with Gasteiger partial charge < -0.3 is 14.8 Å². The van der Waals surface area contributed by atoms with Gasteiger partial charge in [0, 0.05) is 30.7 Å². The van der Waals surface area contributed by atoms with Gasteiger partial charge in [-0.2, -0.15) is 5.01 Å². The lowest BCUT2D eigenvalue weighted by atomic mass is 10.0. The summed E-state index contributed by atoms with van der Waals surface area (Å²) >= 11 is 0. The lowest BCUT2D eigenvalue weighted by molar-refractivity contribution is -0.135. The Morgan fingerprint density at radius 3 is 2.47 bits per heavy atom. The first-order chi connectivity index (χ1) is 18.3. The van der Waals surface area contributed by atoms with E-state index in [1.165, 1.54) is 18.9 Å². The second kappa shape index (κ2) is 10.2. The van der Waals surface area contributed by atoms with Gasteiger partial charge in [0.05, 0.1) is 5.56 Å². The van der Waals surface area contributed by atoms with Crippen LogP contribution in [0, 0.1) is 6.92 Å². The van der Waals surface area contributed by atoms with Crippen LogP contribution >= 0.6 is 0 Å². The zero-order valence-electron chi connectivity index (χ0n) is 21.1. The number of hydrogen-bond donors (Lipinski definition) is 1. The predicted molar refractivity (Wildman–Crippen MR) is 144 cm³/mol. The fourth-order valence-corrected chi connectivity index (χ4v) is 4.35. The van der Waals surface area contributed by atoms with Crippen molar-refractivity contribution in [3.8, 4) is 5.75 Å². The Morgan fingerprint density at radius 1 is 0.921 bits per heavy atom. The van der Waals surface area contributed by atoms with Gasteiger partial charge in [-0.05, 0) is 48.0 Å². The summed E-state index contributed by atoms with van der Waals surface area (Å²) in [5.41, 5.74) is 3.14. The number of benzene rings is 4. The monoisotopic (exact) mass is 507 g/mol. The van der Waals surface area contributed by atoms with Crippen molar-refractivity contribution in [2.45, 2.75) is 27.0 Å². The molecule has 1 heterocycles. The first kappa shape index (κ1) is 24.7. The summed E-state index contributed by atoms with van der Waals surface area (Å²) in [6.45, 7) is 4.63. The molecule has 0 saturated heterocycles. The van der Waals surface area contributed by atoms with Crippen LogP contribution in [-0.4, -0.2) is 28.7 Å². The van der Waals surface area contributed by atoms with Gasteiger partial charge in [-0.15, -0.1) is 5.10 Å². The zero-order chi connectivity index (χ0) is 26.8. The summed E-state index contributed by atoms with van der Waals surface area (Å²) < 4.78 is 11.7. The third-order valence-corrected chi connectivity index (χ3v) is 6.03. The molecule has 5 rings (SSSR count). The number of rotatable bonds is 5. The van der Waals surface area contributed by atoms with E-state index in [0.29, 0.717) is 22.4 Å². The van der Waals surface area contributed by atoms with E-state index in [0.717, 1.165) is 16.3 Å². The van der Waals surface area contributed by atoms with E-state index in [1.54, 1.807) is 36.4 Å². The summed E-state index contributed by atoms with van der Waals surface area (Å²) in [4.78, 5) is 37.2. The van der Waals surface area contributed by atoms with E-state index in [4.69, 9.17) is 9.47 Å². The number of ether oxygens (including phenoxy) is 2. The van der Waals surface area contributed by atoms with Crippen LogP contribution in [0.4, 0.5) is 5.69 Å². The maximum Gasteiger partial charge on any atom is 0.308 e. The SMILES string of the molecule is CC(=O)Oc1ccc2ccccc2c1C1=NN(C(C)=O)[C@@H](c2cccc(NC(=O)c3cccc(C)c3)c2)O1. The molecule has 0 saturated carbocycles. The van der Waals surface area contributed by atoms with Crippen LogP contribution in [0.5, 0.6) is 5.75 Å². The Kier molecular flexibility index (Phi) is 6.62. The van der Waals surface area contributed by atoms with E-state index >= 15 is 0 Å². The van der Waals surface area contributed by atoms with Crippen LogP contribution in [0.3, 0.4) is 0 Å². The molecule has 1 aliphatic rings. The molecule has 0 aliphatic carbocycles. The maximum absolute atomic E-state index is 12.8. The van der Waals surface area contributed by atoms with Crippen molar-refractivity contribution in [1.82, 2.24) is 5.01 Å². The number of nitrogens with one attached hydrogen (secondary N) is 1. The number of hydrogen-bond acceptors (Lipinski definition) is 6. The fourth-order valence-electron chi connectivity index (χ4n) is 4.35. The molecule has 1 aliphatic heterocycles. The fraction of sp³-hybridized carbons (Fsp3) is 0.133. The molecule has 1 atom stereocenters. The minimum absolute atomic E-state index is 0.146. The van der Waals surface area contributed by atoms with Crippen molar-refractivity contribution < 1.29 is 23.9 Å². The minimum atomic E-state index is -0.887. The van der Waals surface area contributed by atoms with Crippen molar-refractivity contribution in [1.29, 1.82) is 0 Å². The lowest BCUT2D eigenvalue weighted by Crippen LogP contribution is -2.25. The molecule has 0 aromatic heterocycles. The molecule has 190 valence electrons. The van der Waals surface area contributed by atoms with Gasteiger partial charge in [0.2, 0.25) is 18.0 Å². The summed E-state index contributed by atoms with van der Waals surface area (Å²) in [6.07, 6.45) is -0.887. The zero-order valence-corrected chi connectivity index (χ0v) is 21.1. The molecule has 0 unspecified atom stereocenters. The number of nitrogens with zero attached hydrogens (tertiary/aromatic N) is 2. The molecule has 0 fully saturated rings. The summed E-state index contributed by atoms with van der Waals surface area (Å²) in [5.74, 6) is -0.656. The largest absolute Gasteiger partial charge is 0.446 e. The minimum Gasteiger partial charge on any atom is -0.446 e. The number of fused-ring (bicyclic) bond motifs is 1. The average molecular weight is 508 g/mol. The van der Waals surface area contributed by atoms with Gasteiger partial charge >= 0.3 is 5.97 Å². The van der Waals surface area contributed by atoms with Crippen molar-refractivity contribution in [3.05, 3.63) is 107 Å². The average Bonchev–Trinajstić information content (AvgIpc) is 3.34. The van der Waals surface area contributed by atoms with Crippen LogP contribution in [0.25, 0.3) is 10.8 Å². The van der Waals surface area contributed by atoms with E-state index in [1.807, 2.05) is 55.5 Å². The maximum atomic E-state index is 12.8. The van der Waals surface area contributed by atoms with Gasteiger partial charge in [-0.1, -0.05) is 60.2 Å². The van der Waals surface area contributed by atoms with Gasteiger partial charge in [-0.3, -0.25) is 14.4 Å². The number of carbonyl (C=O) groups excluding carboxylic acids is 3. The topological polar surface area (TPSA) is 97.3 Å². The Balaban J connectivity index is 1.49. The number of amides is 2. The molecule has 0 bridgehead atoms.